The van der Waals surface area contributed by atoms with Gasteiger partial charge in [-0.3, -0.25) is 4.57 Å². The molecule has 1 aliphatic rings. The predicted octanol–water partition coefficient (Wildman–Crippen LogP) is 10.5. The summed E-state index contributed by atoms with van der Waals surface area (Å²) in [5, 5.41) is 3.36. The number of rotatable bonds is 3. The average molecular weight is 590 g/mol. The molecule has 0 amide bonds. The van der Waals surface area contributed by atoms with Crippen LogP contribution in [0.1, 0.15) is 22.6 Å². The van der Waals surface area contributed by atoms with E-state index in [0.717, 1.165) is 45.2 Å². The van der Waals surface area contributed by atoms with Crippen LogP contribution >= 0.6 is 0 Å². The molecule has 4 nitrogen and oxygen atoms in total. The summed E-state index contributed by atoms with van der Waals surface area (Å²) in [7, 11) is 0. The van der Waals surface area contributed by atoms with Crippen molar-refractivity contribution in [2.45, 2.75) is 12.3 Å². The van der Waals surface area contributed by atoms with Gasteiger partial charge in [0.2, 0.25) is 5.95 Å². The maximum Gasteiger partial charge on any atom is 0.236 e. The molecule has 1 atom stereocenters. The molecule has 0 spiro atoms. The molecule has 1 aliphatic carbocycles. The minimum atomic E-state index is 0.229. The van der Waals surface area contributed by atoms with Crippen LogP contribution in [-0.2, 0) is 6.42 Å². The number of hydrogen-bond acceptors (Lipinski definition) is 3. The van der Waals surface area contributed by atoms with Crippen LogP contribution in [-0.4, -0.2) is 14.5 Å². The van der Waals surface area contributed by atoms with Crippen LogP contribution in [0.3, 0.4) is 0 Å². The Morgan fingerprint density at radius 1 is 0.587 bits per heavy atom. The van der Waals surface area contributed by atoms with Crippen molar-refractivity contribution in [1.29, 1.82) is 0 Å². The number of aromatic nitrogens is 3. The zero-order valence-electron chi connectivity index (χ0n) is 24.9. The van der Waals surface area contributed by atoms with E-state index < -0.39 is 0 Å². The van der Waals surface area contributed by atoms with Gasteiger partial charge in [0.05, 0.1) is 11.0 Å². The highest BCUT2D eigenvalue weighted by Gasteiger charge is 2.27. The van der Waals surface area contributed by atoms with Gasteiger partial charge in [0.25, 0.3) is 0 Å². The van der Waals surface area contributed by atoms with Crippen LogP contribution in [0, 0.1) is 0 Å². The van der Waals surface area contributed by atoms with Crippen molar-refractivity contribution in [3.8, 4) is 28.3 Å². The molecular formula is C42H27N3O. The van der Waals surface area contributed by atoms with E-state index in [2.05, 4.69) is 132 Å². The van der Waals surface area contributed by atoms with Gasteiger partial charge in [-0.25, -0.2) is 9.97 Å². The third-order valence-electron chi connectivity index (χ3n) is 9.62. The first-order chi connectivity index (χ1) is 22.8. The van der Waals surface area contributed by atoms with Crippen molar-refractivity contribution in [3.63, 3.8) is 0 Å². The zero-order chi connectivity index (χ0) is 30.2. The minimum absolute atomic E-state index is 0.229. The Balaban J connectivity index is 1.24. The second-order valence-corrected chi connectivity index (χ2v) is 12.1. The molecule has 216 valence electrons. The van der Waals surface area contributed by atoms with Crippen molar-refractivity contribution in [1.82, 2.24) is 14.5 Å². The van der Waals surface area contributed by atoms with Gasteiger partial charge in [0, 0.05) is 27.6 Å². The molecule has 6 aromatic carbocycles. The summed E-state index contributed by atoms with van der Waals surface area (Å²) >= 11 is 0. The largest absolute Gasteiger partial charge is 0.452 e. The Morgan fingerprint density at radius 2 is 1.26 bits per heavy atom. The van der Waals surface area contributed by atoms with Crippen LogP contribution in [0.2, 0.25) is 0 Å². The molecule has 0 bridgehead atoms. The zero-order valence-corrected chi connectivity index (χ0v) is 24.9. The van der Waals surface area contributed by atoms with Gasteiger partial charge in [0.15, 0.2) is 5.58 Å². The molecule has 9 aromatic rings. The van der Waals surface area contributed by atoms with Gasteiger partial charge in [-0.05, 0) is 58.5 Å². The summed E-state index contributed by atoms with van der Waals surface area (Å²) in [6, 6.07) is 51.5. The molecule has 0 N–H and O–H groups in total. The summed E-state index contributed by atoms with van der Waals surface area (Å²) in [5.41, 5.74) is 12.9. The maximum atomic E-state index is 6.62. The monoisotopic (exact) mass is 589 g/mol. The Kier molecular flexibility index (Phi) is 5.37. The molecule has 0 fully saturated rings. The molecule has 3 aromatic heterocycles. The van der Waals surface area contributed by atoms with Crippen LogP contribution in [0.25, 0.3) is 72.2 Å². The molecule has 4 heteroatoms. The lowest BCUT2D eigenvalue weighted by Crippen LogP contribution is -2.12. The van der Waals surface area contributed by atoms with E-state index in [1.165, 1.54) is 38.6 Å². The van der Waals surface area contributed by atoms with Gasteiger partial charge < -0.3 is 4.42 Å². The molecule has 1 unspecified atom stereocenters. The van der Waals surface area contributed by atoms with Gasteiger partial charge in [-0.1, -0.05) is 121 Å². The first kappa shape index (κ1) is 25.3. The van der Waals surface area contributed by atoms with E-state index in [-0.39, 0.29) is 5.92 Å². The number of fused-ring (bicyclic) bond motifs is 9. The second-order valence-electron chi connectivity index (χ2n) is 12.1. The Labute approximate surface area is 265 Å². The fraction of sp³-hybridized carbons (Fsp3) is 0.0476. The number of benzene rings is 6. The van der Waals surface area contributed by atoms with Crippen molar-refractivity contribution >= 4 is 43.9 Å². The molecule has 0 saturated carbocycles. The summed E-state index contributed by atoms with van der Waals surface area (Å²) in [6.45, 7) is 0. The summed E-state index contributed by atoms with van der Waals surface area (Å²) < 4.78 is 8.81. The predicted molar refractivity (Wildman–Crippen MR) is 187 cm³/mol. The van der Waals surface area contributed by atoms with Crippen molar-refractivity contribution in [2.75, 3.05) is 0 Å². The first-order valence-corrected chi connectivity index (χ1v) is 15.8. The molecule has 10 rings (SSSR count). The van der Waals surface area contributed by atoms with E-state index in [1.807, 2.05) is 18.2 Å². The van der Waals surface area contributed by atoms with Crippen molar-refractivity contribution in [2.24, 2.45) is 0 Å². The molecule has 0 saturated heterocycles. The normalized spacial score (nSPS) is 14.2. The number of para-hydroxylation sites is 2. The fourth-order valence-electron chi connectivity index (χ4n) is 7.53. The number of hydrogen-bond donors (Lipinski definition) is 0. The second kappa shape index (κ2) is 9.75. The summed E-state index contributed by atoms with van der Waals surface area (Å²) in [4.78, 5) is 10.6. The van der Waals surface area contributed by atoms with E-state index in [9.17, 15) is 0 Å². The molecule has 0 aliphatic heterocycles. The van der Waals surface area contributed by atoms with Crippen LogP contribution in [0.15, 0.2) is 150 Å². The highest BCUT2D eigenvalue weighted by molar-refractivity contribution is 6.10. The minimum Gasteiger partial charge on any atom is -0.452 e. The summed E-state index contributed by atoms with van der Waals surface area (Å²) in [5.74, 6) is 0.862. The van der Waals surface area contributed by atoms with Crippen LogP contribution in [0.5, 0.6) is 0 Å². The van der Waals surface area contributed by atoms with E-state index >= 15 is 0 Å². The fourth-order valence-corrected chi connectivity index (χ4v) is 7.53. The Morgan fingerprint density at radius 3 is 2.07 bits per heavy atom. The van der Waals surface area contributed by atoms with Crippen LogP contribution in [0.4, 0.5) is 0 Å². The highest BCUT2D eigenvalue weighted by atomic mass is 16.3. The van der Waals surface area contributed by atoms with Gasteiger partial charge in [-0.2, -0.15) is 0 Å². The third kappa shape index (κ3) is 3.67. The smallest absolute Gasteiger partial charge is 0.236 e. The highest BCUT2D eigenvalue weighted by Crippen LogP contribution is 2.44. The number of furan rings is 1. The standard InChI is InChI=1S/C42H27N3O/c1-2-12-26(13-3-1)39-41-40(44-42(43-39)45-36-20-10-8-18-32(36)33-19-9-11-21-37(33)45)35-25-28(22-23-38(35)46-41)34-24-27-14-4-5-15-29(27)30-16-6-7-17-31(30)34/h1-23,25,34H,24H2. The SMILES string of the molecule is c1ccc(-c2nc(-n3c4ccccc4c4ccccc43)nc3c2oc2ccc(C4Cc5ccccc5-c5ccccc54)cc23)cc1. The average Bonchev–Trinajstić information content (AvgIpc) is 3.67. The maximum absolute atomic E-state index is 6.62. The quantitative estimate of drug-likeness (QED) is 0.206. The summed E-state index contributed by atoms with van der Waals surface area (Å²) in [6.07, 6.45) is 0.950. The van der Waals surface area contributed by atoms with Gasteiger partial charge in [-0.15, -0.1) is 0 Å². The molecule has 0 radical (unpaired) electrons. The lowest BCUT2D eigenvalue weighted by Gasteiger charge is -2.28. The molecule has 46 heavy (non-hydrogen) atoms. The van der Waals surface area contributed by atoms with Crippen molar-refractivity contribution in [3.05, 3.63) is 162 Å². The Hall–Kier alpha value is -6.00. The number of nitrogens with zero attached hydrogens (tertiary/aromatic N) is 3. The van der Waals surface area contributed by atoms with Crippen LogP contribution < -0.4 is 0 Å². The van der Waals surface area contributed by atoms with Crippen molar-refractivity contribution < 1.29 is 4.42 Å². The molecular weight excluding hydrogens is 562 g/mol. The van der Waals surface area contributed by atoms with E-state index in [4.69, 9.17) is 14.4 Å². The first-order valence-electron chi connectivity index (χ1n) is 15.8. The Bertz CT molecular complexity index is 2580. The lowest BCUT2D eigenvalue weighted by atomic mass is 9.75. The third-order valence-corrected chi connectivity index (χ3v) is 9.62. The lowest BCUT2D eigenvalue weighted by molar-refractivity contribution is 0.666. The molecule has 3 heterocycles. The van der Waals surface area contributed by atoms with Gasteiger partial charge >= 0.3 is 0 Å². The topological polar surface area (TPSA) is 43.9 Å². The van der Waals surface area contributed by atoms with E-state index in [1.54, 1.807) is 0 Å². The van der Waals surface area contributed by atoms with Gasteiger partial charge in [0.1, 0.15) is 16.8 Å². The van der Waals surface area contributed by atoms with E-state index in [0.29, 0.717) is 11.5 Å².